The number of nitrogens with zero attached hydrogens (tertiary/aromatic N) is 5. The molecule has 1 atom stereocenters. The Kier molecular flexibility index (Phi) is 3.43. The summed E-state index contributed by atoms with van der Waals surface area (Å²) in [6.07, 6.45) is 2.90. The van der Waals surface area contributed by atoms with Crippen LogP contribution in [0.5, 0.6) is 0 Å². The Bertz CT molecular complexity index is 781. The van der Waals surface area contributed by atoms with E-state index in [4.69, 9.17) is 4.52 Å². The first-order valence-corrected chi connectivity index (χ1v) is 8.29. The minimum absolute atomic E-state index is 0.00286. The largest absolute Gasteiger partial charge is 0.336 e. The normalized spacial score (nSPS) is 24.4. The van der Waals surface area contributed by atoms with E-state index in [1.54, 1.807) is 13.1 Å². The van der Waals surface area contributed by atoms with Crippen molar-refractivity contribution in [2.75, 3.05) is 13.1 Å². The zero-order valence-corrected chi connectivity index (χ0v) is 13.8. The monoisotopic (exact) mass is 333 g/mol. The minimum Gasteiger partial charge on any atom is -0.336 e. The number of alkyl halides is 1. The summed E-state index contributed by atoms with van der Waals surface area (Å²) in [7, 11) is 1.72. The summed E-state index contributed by atoms with van der Waals surface area (Å²) in [4.78, 5) is 18.5. The van der Waals surface area contributed by atoms with Gasteiger partial charge in [-0.15, -0.1) is 0 Å². The Hall–Kier alpha value is -2.25. The molecular formula is C16H20FN5O2. The van der Waals surface area contributed by atoms with Gasteiger partial charge in [0.1, 0.15) is 5.69 Å². The Morgan fingerprint density at radius 1 is 1.46 bits per heavy atom. The first kappa shape index (κ1) is 15.3. The van der Waals surface area contributed by atoms with E-state index in [1.165, 1.54) is 9.58 Å². The molecule has 1 aliphatic heterocycles. The van der Waals surface area contributed by atoms with Crippen LogP contribution in [0.25, 0.3) is 0 Å². The topological polar surface area (TPSA) is 77.0 Å². The van der Waals surface area contributed by atoms with Gasteiger partial charge in [0, 0.05) is 19.5 Å². The van der Waals surface area contributed by atoms with Gasteiger partial charge < -0.3 is 9.42 Å². The van der Waals surface area contributed by atoms with Crippen molar-refractivity contribution in [3.05, 3.63) is 29.2 Å². The van der Waals surface area contributed by atoms with Gasteiger partial charge in [-0.1, -0.05) is 5.16 Å². The standard InChI is InChI=1S/C16H20FN5O2/c1-10-8-12(21(2)19-10)14(23)22-7-3-6-16(17,9-22)15-18-13(20-24-15)11-4-5-11/h8,11H,3-7,9H2,1-2H3. The van der Waals surface area contributed by atoms with Gasteiger partial charge in [-0.05, 0) is 38.7 Å². The molecule has 1 unspecified atom stereocenters. The fourth-order valence-electron chi connectivity index (χ4n) is 3.26. The van der Waals surface area contributed by atoms with E-state index in [0.29, 0.717) is 30.4 Å². The molecule has 0 N–H and O–H groups in total. The maximum atomic E-state index is 15.4. The van der Waals surface area contributed by atoms with Crippen molar-refractivity contribution in [1.29, 1.82) is 0 Å². The van der Waals surface area contributed by atoms with E-state index in [2.05, 4.69) is 15.2 Å². The van der Waals surface area contributed by atoms with Gasteiger partial charge in [0.25, 0.3) is 11.8 Å². The molecule has 1 saturated carbocycles. The SMILES string of the molecule is Cc1cc(C(=O)N2CCCC(F)(c3nc(C4CC4)no3)C2)n(C)n1. The third-order valence-electron chi connectivity index (χ3n) is 4.72. The van der Waals surface area contributed by atoms with Crippen molar-refractivity contribution in [3.63, 3.8) is 0 Å². The molecule has 7 nitrogen and oxygen atoms in total. The number of carbonyl (C=O) groups is 1. The molecule has 2 fully saturated rings. The quantitative estimate of drug-likeness (QED) is 0.859. The Labute approximate surface area is 138 Å². The number of aromatic nitrogens is 4. The Morgan fingerprint density at radius 3 is 2.92 bits per heavy atom. The molecule has 0 spiro atoms. The number of hydrogen-bond donors (Lipinski definition) is 0. The molecule has 128 valence electrons. The summed E-state index contributed by atoms with van der Waals surface area (Å²) in [6, 6.07) is 1.72. The highest BCUT2D eigenvalue weighted by molar-refractivity contribution is 5.92. The summed E-state index contributed by atoms with van der Waals surface area (Å²) < 4.78 is 22.1. The van der Waals surface area contributed by atoms with Gasteiger partial charge >= 0.3 is 0 Å². The van der Waals surface area contributed by atoms with Gasteiger partial charge in [0.05, 0.1) is 12.2 Å². The number of halogens is 1. The van der Waals surface area contributed by atoms with E-state index >= 15 is 4.39 Å². The second-order valence-corrected chi connectivity index (χ2v) is 6.82. The summed E-state index contributed by atoms with van der Waals surface area (Å²) in [5.74, 6) is 0.683. The fourth-order valence-corrected chi connectivity index (χ4v) is 3.26. The Balaban J connectivity index is 1.55. The van der Waals surface area contributed by atoms with E-state index in [0.717, 1.165) is 18.5 Å². The lowest BCUT2D eigenvalue weighted by atomic mass is 9.94. The highest BCUT2D eigenvalue weighted by Crippen LogP contribution is 2.41. The van der Waals surface area contributed by atoms with Crippen LogP contribution in [0.1, 0.15) is 59.5 Å². The number of piperidine rings is 1. The van der Waals surface area contributed by atoms with E-state index in [1.807, 2.05) is 6.92 Å². The van der Waals surface area contributed by atoms with Crippen molar-refractivity contribution in [2.24, 2.45) is 7.05 Å². The first-order chi connectivity index (χ1) is 11.5. The van der Waals surface area contributed by atoms with Crippen molar-refractivity contribution in [1.82, 2.24) is 24.8 Å². The second kappa shape index (κ2) is 5.39. The van der Waals surface area contributed by atoms with Gasteiger partial charge in [-0.2, -0.15) is 10.1 Å². The van der Waals surface area contributed by atoms with Crippen LogP contribution in [0.4, 0.5) is 4.39 Å². The molecule has 24 heavy (non-hydrogen) atoms. The number of aryl methyl sites for hydroxylation is 2. The van der Waals surface area contributed by atoms with Crippen LogP contribution in [0.15, 0.2) is 10.6 Å². The van der Waals surface area contributed by atoms with E-state index in [9.17, 15) is 4.79 Å². The molecule has 3 heterocycles. The molecule has 0 bridgehead atoms. The van der Waals surface area contributed by atoms with Crippen LogP contribution in [-0.2, 0) is 12.7 Å². The lowest BCUT2D eigenvalue weighted by molar-refractivity contribution is 0.0147. The predicted octanol–water partition coefficient (Wildman–Crippen LogP) is 2.09. The van der Waals surface area contributed by atoms with Crippen LogP contribution < -0.4 is 0 Å². The maximum Gasteiger partial charge on any atom is 0.272 e. The van der Waals surface area contributed by atoms with Crippen LogP contribution in [-0.4, -0.2) is 43.8 Å². The number of carbonyl (C=O) groups excluding carboxylic acids is 1. The highest BCUT2D eigenvalue weighted by Gasteiger charge is 2.45. The highest BCUT2D eigenvalue weighted by atomic mass is 19.1. The first-order valence-electron chi connectivity index (χ1n) is 8.29. The summed E-state index contributed by atoms with van der Waals surface area (Å²) >= 11 is 0. The smallest absolute Gasteiger partial charge is 0.272 e. The molecule has 4 rings (SSSR count). The fraction of sp³-hybridized carbons (Fsp3) is 0.625. The average Bonchev–Trinajstić information content (AvgIpc) is 3.17. The molecule has 1 aliphatic carbocycles. The summed E-state index contributed by atoms with van der Waals surface area (Å²) in [6.45, 7) is 2.27. The van der Waals surface area contributed by atoms with Crippen molar-refractivity contribution in [2.45, 2.75) is 44.2 Å². The third-order valence-corrected chi connectivity index (χ3v) is 4.72. The van der Waals surface area contributed by atoms with Crippen LogP contribution in [0.2, 0.25) is 0 Å². The molecule has 1 amide bonds. The van der Waals surface area contributed by atoms with Crippen molar-refractivity contribution in [3.8, 4) is 0 Å². The number of likely N-dealkylation sites (tertiary alicyclic amines) is 1. The maximum absolute atomic E-state index is 15.4. The third kappa shape index (κ3) is 2.59. The summed E-state index contributed by atoms with van der Waals surface area (Å²) in [5.41, 5.74) is -0.557. The molecule has 2 aromatic rings. The minimum atomic E-state index is -1.78. The lowest BCUT2D eigenvalue weighted by Crippen LogP contribution is -2.47. The number of rotatable bonds is 3. The summed E-state index contributed by atoms with van der Waals surface area (Å²) in [5, 5.41) is 8.09. The zero-order valence-electron chi connectivity index (χ0n) is 13.8. The van der Waals surface area contributed by atoms with Gasteiger partial charge in [0.2, 0.25) is 5.67 Å². The van der Waals surface area contributed by atoms with Gasteiger partial charge in [-0.25, -0.2) is 4.39 Å². The van der Waals surface area contributed by atoms with Crippen LogP contribution >= 0.6 is 0 Å². The molecule has 0 aromatic carbocycles. The van der Waals surface area contributed by atoms with Crippen molar-refractivity contribution >= 4 is 5.91 Å². The van der Waals surface area contributed by atoms with E-state index < -0.39 is 5.67 Å². The molecule has 2 aliphatic rings. The average molecular weight is 333 g/mol. The zero-order chi connectivity index (χ0) is 16.9. The van der Waals surface area contributed by atoms with E-state index in [-0.39, 0.29) is 24.8 Å². The molecule has 2 aromatic heterocycles. The molecule has 1 saturated heterocycles. The van der Waals surface area contributed by atoms with Gasteiger partial charge in [-0.3, -0.25) is 9.48 Å². The molecule has 8 heteroatoms. The second-order valence-electron chi connectivity index (χ2n) is 6.82. The predicted molar refractivity (Wildman–Crippen MR) is 82.1 cm³/mol. The Morgan fingerprint density at radius 2 is 2.25 bits per heavy atom. The van der Waals surface area contributed by atoms with Crippen molar-refractivity contribution < 1.29 is 13.7 Å². The molecule has 0 radical (unpaired) electrons. The molecular weight excluding hydrogens is 313 g/mol. The lowest BCUT2D eigenvalue weighted by Gasteiger charge is -2.35. The van der Waals surface area contributed by atoms with Crippen LogP contribution in [0.3, 0.4) is 0 Å². The van der Waals surface area contributed by atoms with Gasteiger partial charge in [0.15, 0.2) is 5.82 Å². The number of hydrogen-bond acceptors (Lipinski definition) is 5. The van der Waals surface area contributed by atoms with Crippen LogP contribution in [0, 0.1) is 6.92 Å². The number of amides is 1.